The zero-order chi connectivity index (χ0) is 23.1. The second-order valence-corrected chi connectivity index (χ2v) is 8.10. The Bertz CT molecular complexity index is 906. The Morgan fingerprint density at radius 1 is 1.27 bits per heavy atom. The highest BCUT2D eigenvalue weighted by Gasteiger charge is 2.35. The van der Waals surface area contributed by atoms with Crippen LogP contribution in [0, 0.1) is 5.41 Å². The van der Waals surface area contributed by atoms with E-state index >= 15 is 0 Å². The van der Waals surface area contributed by atoms with E-state index in [9.17, 15) is 13.2 Å². The largest absolute Gasteiger partial charge is 0.493 e. The van der Waals surface area contributed by atoms with E-state index in [2.05, 4.69) is 17.1 Å². The number of rotatable bonds is 9. The fraction of sp³-hybridized carbons (Fsp3) is 0.591. The van der Waals surface area contributed by atoms with Crippen LogP contribution in [-0.4, -0.2) is 40.7 Å². The van der Waals surface area contributed by atoms with Gasteiger partial charge in [-0.2, -0.15) is 18.2 Å². The van der Waals surface area contributed by atoms with Crippen LogP contribution < -0.4 is 10.5 Å². The Hall–Kier alpha value is -2.49. The summed E-state index contributed by atoms with van der Waals surface area (Å²) in [6, 6.07) is 3.83. The number of benzene rings is 1. The van der Waals surface area contributed by atoms with Crippen molar-refractivity contribution in [1.29, 1.82) is 5.41 Å². The van der Waals surface area contributed by atoms with Crippen LogP contribution in [0.1, 0.15) is 69.2 Å². The highest BCUT2D eigenvalue weighted by Crippen LogP contribution is 2.39. The minimum atomic E-state index is -4.56. The van der Waals surface area contributed by atoms with Gasteiger partial charge in [0.1, 0.15) is 5.75 Å². The molecule has 0 amide bonds. The molecule has 1 aliphatic rings. The van der Waals surface area contributed by atoms with E-state index in [1.807, 2.05) is 0 Å². The fourth-order valence-electron chi connectivity index (χ4n) is 3.82. The lowest BCUT2D eigenvalue weighted by atomic mass is 9.98. The lowest BCUT2D eigenvalue weighted by Gasteiger charge is -2.30. The van der Waals surface area contributed by atoms with Crippen LogP contribution in [0.2, 0.25) is 0 Å². The Labute approximate surface area is 197 Å². The highest BCUT2D eigenvalue weighted by molar-refractivity contribution is 5.85. The Morgan fingerprint density at radius 3 is 2.73 bits per heavy atom. The summed E-state index contributed by atoms with van der Waals surface area (Å²) in [6.07, 6.45) is 1.95. The van der Waals surface area contributed by atoms with Crippen LogP contribution in [0.3, 0.4) is 0 Å². The number of likely N-dealkylation sites (tertiary alicyclic amines) is 1. The molecule has 0 aliphatic carbocycles. The van der Waals surface area contributed by atoms with E-state index in [0.717, 1.165) is 44.6 Å². The molecule has 11 heteroatoms. The van der Waals surface area contributed by atoms with Crippen molar-refractivity contribution in [2.45, 2.75) is 64.0 Å². The molecule has 2 heterocycles. The lowest BCUT2D eigenvalue weighted by molar-refractivity contribution is -0.138. The van der Waals surface area contributed by atoms with Crippen molar-refractivity contribution in [3.63, 3.8) is 0 Å². The molecular formula is C22H31ClF3N5O2. The predicted octanol–water partition coefficient (Wildman–Crippen LogP) is 5.60. The second-order valence-electron chi connectivity index (χ2n) is 8.10. The van der Waals surface area contributed by atoms with E-state index < -0.39 is 11.7 Å². The van der Waals surface area contributed by atoms with Crippen molar-refractivity contribution in [3.05, 3.63) is 29.7 Å². The molecule has 1 atom stereocenters. The second kappa shape index (κ2) is 12.1. The number of halogens is 4. The van der Waals surface area contributed by atoms with E-state index in [0.29, 0.717) is 25.4 Å². The van der Waals surface area contributed by atoms with Gasteiger partial charge in [-0.15, -0.1) is 12.4 Å². The Balaban J connectivity index is 0.00000385. The number of alkyl halides is 3. The van der Waals surface area contributed by atoms with Gasteiger partial charge in [-0.1, -0.05) is 37.8 Å². The normalized spacial score (nSPS) is 16.4. The third-order valence-electron chi connectivity index (χ3n) is 5.60. The van der Waals surface area contributed by atoms with Crippen LogP contribution in [-0.2, 0) is 6.18 Å². The van der Waals surface area contributed by atoms with E-state index in [4.69, 9.17) is 20.4 Å². The predicted molar refractivity (Wildman–Crippen MR) is 122 cm³/mol. The maximum absolute atomic E-state index is 13.7. The van der Waals surface area contributed by atoms with Crippen molar-refractivity contribution < 1.29 is 22.4 Å². The molecule has 1 fully saturated rings. The van der Waals surface area contributed by atoms with Crippen LogP contribution in [0.4, 0.5) is 13.2 Å². The number of nitrogens with one attached hydrogen (secondary N) is 1. The molecule has 0 spiro atoms. The number of ether oxygens (including phenoxy) is 1. The summed E-state index contributed by atoms with van der Waals surface area (Å²) in [5.41, 5.74) is 4.92. The van der Waals surface area contributed by atoms with Gasteiger partial charge in [0, 0.05) is 18.7 Å². The Kier molecular flexibility index (Phi) is 9.82. The first-order chi connectivity index (χ1) is 15.3. The standard InChI is InChI=1S/C22H30F3N5O2.ClH/c1-2-3-4-5-6-12-31-18-10-9-15(13-17(18)22(23,24)25)19-28-20(32-29-19)16-8-7-11-30(14-16)21(26)27;/h9-10,13,16H,2-8,11-12,14H2,1H3,(H3,26,27);1H. The van der Waals surface area contributed by atoms with Crippen LogP contribution in [0.15, 0.2) is 22.7 Å². The van der Waals surface area contributed by atoms with Crippen molar-refractivity contribution >= 4 is 18.4 Å². The summed E-state index contributed by atoms with van der Waals surface area (Å²) >= 11 is 0. The van der Waals surface area contributed by atoms with Gasteiger partial charge in [0.2, 0.25) is 11.7 Å². The summed E-state index contributed by atoms with van der Waals surface area (Å²) in [4.78, 5) is 6.05. The third kappa shape index (κ3) is 7.25. The molecule has 184 valence electrons. The monoisotopic (exact) mass is 489 g/mol. The van der Waals surface area contributed by atoms with Gasteiger partial charge in [-0.25, -0.2) is 0 Å². The number of hydrogen-bond acceptors (Lipinski definition) is 5. The minimum absolute atomic E-state index is 0. The molecule has 1 saturated heterocycles. The fourth-order valence-corrected chi connectivity index (χ4v) is 3.82. The average molecular weight is 490 g/mol. The number of piperidine rings is 1. The third-order valence-corrected chi connectivity index (χ3v) is 5.60. The first kappa shape index (κ1) is 26.8. The smallest absolute Gasteiger partial charge is 0.419 e. The molecule has 0 saturated carbocycles. The maximum atomic E-state index is 13.7. The molecule has 7 nitrogen and oxygen atoms in total. The van der Waals surface area contributed by atoms with Gasteiger partial charge in [0.25, 0.3) is 0 Å². The topological polar surface area (TPSA) is 101 Å². The molecule has 0 bridgehead atoms. The molecule has 2 aromatic rings. The number of aromatic nitrogens is 2. The van der Waals surface area contributed by atoms with Gasteiger partial charge in [-0.3, -0.25) is 5.41 Å². The summed E-state index contributed by atoms with van der Waals surface area (Å²) in [6.45, 7) is 3.50. The van der Waals surface area contributed by atoms with E-state index in [-0.39, 0.29) is 48.0 Å². The van der Waals surface area contributed by atoms with Gasteiger partial charge in [0.15, 0.2) is 5.96 Å². The van der Waals surface area contributed by atoms with E-state index in [1.54, 1.807) is 4.90 Å². The van der Waals surface area contributed by atoms with Gasteiger partial charge < -0.3 is 19.9 Å². The van der Waals surface area contributed by atoms with Crippen molar-refractivity contribution in [2.75, 3.05) is 19.7 Å². The number of unbranched alkanes of at least 4 members (excludes halogenated alkanes) is 4. The number of nitrogens with two attached hydrogens (primary N) is 1. The zero-order valence-electron chi connectivity index (χ0n) is 18.7. The number of hydrogen-bond donors (Lipinski definition) is 2. The molecule has 0 radical (unpaired) electrons. The quantitative estimate of drug-likeness (QED) is 0.270. The molecule has 33 heavy (non-hydrogen) atoms. The van der Waals surface area contributed by atoms with Crippen LogP contribution >= 0.6 is 12.4 Å². The molecular weight excluding hydrogens is 459 g/mol. The first-order valence-electron chi connectivity index (χ1n) is 11.1. The summed E-state index contributed by atoms with van der Waals surface area (Å²) in [5.74, 6) is 0.102. The molecule has 1 aromatic carbocycles. The highest BCUT2D eigenvalue weighted by atomic mass is 35.5. The summed E-state index contributed by atoms with van der Waals surface area (Å²) in [5, 5.41) is 11.5. The summed E-state index contributed by atoms with van der Waals surface area (Å²) < 4.78 is 51.7. The zero-order valence-corrected chi connectivity index (χ0v) is 19.5. The average Bonchev–Trinajstić information content (AvgIpc) is 3.26. The molecule has 1 aromatic heterocycles. The van der Waals surface area contributed by atoms with Gasteiger partial charge in [0.05, 0.1) is 18.1 Å². The lowest BCUT2D eigenvalue weighted by Crippen LogP contribution is -2.42. The van der Waals surface area contributed by atoms with Crippen LogP contribution in [0.5, 0.6) is 5.75 Å². The van der Waals surface area contributed by atoms with Crippen molar-refractivity contribution in [3.8, 4) is 17.1 Å². The molecule has 1 aliphatic heterocycles. The molecule has 3 N–H and O–H groups in total. The van der Waals surface area contributed by atoms with E-state index in [1.165, 1.54) is 12.1 Å². The van der Waals surface area contributed by atoms with Crippen LogP contribution in [0.25, 0.3) is 11.4 Å². The number of guanidine groups is 1. The first-order valence-corrected chi connectivity index (χ1v) is 11.1. The van der Waals surface area contributed by atoms with Crippen molar-refractivity contribution in [1.82, 2.24) is 15.0 Å². The minimum Gasteiger partial charge on any atom is -0.493 e. The number of nitrogens with zero attached hydrogens (tertiary/aromatic N) is 3. The SMILES string of the molecule is CCCCCCCOc1ccc(-c2noc(C3CCCN(C(=N)N)C3)n2)cc1C(F)(F)F.Cl. The Morgan fingerprint density at radius 2 is 2.03 bits per heavy atom. The molecule has 1 unspecified atom stereocenters. The maximum Gasteiger partial charge on any atom is 0.419 e. The van der Waals surface area contributed by atoms with Gasteiger partial charge in [-0.05, 0) is 37.5 Å². The summed E-state index contributed by atoms with van der Waals surface area (Å²) in [7, 11) is 0. The van der Waals surface area contributed by atoms with Gasteiger partial charge >= 0.3 is 6.18 Å². The van der Waals surface area contributed by atoms with Crippen molar-refractivity contribution in [2.24, 2.45) is 5.73 Å². The molecule has 3 rings (SSSR count).